The Morgan fingerprint density at radius 2 is 2.13 bits per heavy atom. The number of nitrogens with two attached hydrogens (primary N) is 1. The number of aliphatic hydroxyl groups excluding tert-OH is 1. The van der Waals surface area contributed by atoms with Gasteiger partial charge in [0.05, 0.1) is 11.8 Å². The van der Waals surface area contributed by atoms with Crippen LogP contribution in [0.5, 0.6) is 0 Å². The van der Waals surface area contributed by atoms with Gasteiger partial charge in [0.1, 0.15) is 0 Å². The molecule has 0 aromatic carbocycles. The first-order valence-electron chi connectivity index (χ1n) is 5.49. The number of aromatic nitrogens is 2. The number of aliphatic hydroxyl groups is 1. The molecule has 0 amide bonds. The van der Waals surface area contributed by atoms with Gasteiger partial charge in [-0.15, -0.1) is 0 Å². The molecule has 4 heteroatoms. The molecular formula is C11H19N3O. The summed E-state index contributed by atoms with van der Waals surface area (Å²) in [5, 5.41) is 13.8. The van der Waals surface area contributed by atoms with Crippen LogP contribution in [0.1, 0.15) is 36.9 Å². The van der Waals surface area contributed by atoms with Crippen molar-refractivity contribution in [3.05, 3.63) is 17.5 Å². The lowest BCUT2D eigenvalue weighted by atomic mass is 9.76. The second kappa shape index (κ2) is 3.61. The maximum atomic E-state index is 9.49. The van der Waals surface area contributed by atoms with E-state index in [1.807, 2.05) is 24.9 Å². The number of rotatable bonds is 1. The highest BCUT2D eigenvalue weighted by Crippen LogP contribution is 2.35. The molecule has 0 radical (unpaired) electrons. The minimum atomic E-state index is -0.280. The van der Waals surface area contributed by atoms with Crippen molar-refractivity contribution in [2.45, 2.75) is 44.2 Å². The Balaban J connectivity index is 2.25. The predicted octanol–water partition coefficient (Wildman–Crippen LogP) is 0.817. The topological polar surface area (TPSA) is 64.1 Å². The minimum Gasteiger partial charge on any atom is -0.393 e. The molecule has 2 rings (SSSR count). The van der Waals surface area contributed by atoms with Crippen molar-refractivity contribution in [3.8, 4) is 0 Å². The number of aryl methyl sites for hydroxylation is 2. The quantitative estimate of drug-likeness (QED) is 0.719. The van der Waals surface area contributed by atoms with Crippen molar-refractivity contribution in [3.63, 3.8) is 0 Å². The molecule has 0 aliphatic heterocycles. The Hall–Kier alpha value is -0.870. The Kier molecular flexibility index (Phi) is 2.56. The van der Waals surface area contributed by atoms with Gasteiger partial charge in [-0.25, -0.2) is 0 Å². The van der Waals surface area contributed by atoms with E-state index in [1.165, 1.54) is 0 Å². The highest BCUT2D eigenvalue weighted by Gasteiger charge is 2.34. The zero-order valence-corrected chi connectivity index (χ0v) is 9.40. The maximum Gasteiger partial charge on any atom is 0.0644 e. The van der Waals surface area contributed by atoms with Crippen molar-refractivity contribution in [1.29, 1.82) is 0 Å². The van der Waals surface area contributed by atoms with Gasteiger partial charge in [0, 0.05) is 24.3 Å². The summed E-state index contributed by atoms with van der Waals surface area (Å²) in [7, 11) is 1.91. The van der Waals surface area contributed by atoms with E-state index in [0.29, 0.717) is 0 Å². The highest BCUT2D eigenvalue weighted by atomic mass is 16.3. The van der Waals surface area contributed by atoms with Gasteiger partial charge in [0.2, 0.25) is 0 Å². The van der Waals surface area contributed by atoms with Crippen LogP contribution in [-0.4, -0.2) is 21.0 Å². The van der Waals surface area contributed by atoms with E-state index < -0.39 is 0 Å². The Labute approximate surface area is 90.1 Å². The maximum absolute atomic E-state index is 9.49. The van der Waals surface area contributed by atoms with Gasteiger partial charge in [-0.1, -0.05) is 0 Å². The van der Waals surface area contributed by atoms with Gasteiger partial charge in [-0.3, -0.25) is 4.68 Å². The molecule has 1 aromatic heterocycles. The molecule has 0 saturated heterocycles. The summed E-state index contributed by atoms with van der Waals surface area (Å²) in [5.74, 6) is 0. The first kappa shape index (κ1) is 10.6. The molecule has 15 heavy (non-hydrogen) atoms. The van der Waals surface area contributed by atoms with Crippen LogP contribution in [0.4, 0.5) is 0 Å². The van der Waals surface area contributed by atoms with E-state index in [4.69, 9.17) is 5.73 Å². The van der Waals surface area contributed by atoms with Crippen LogP contribution >= 0.6 is 0 Å². The fourth-order valence-electron chi connectivity index (χ4n) is 2.48. The monoisotopic (exact) mass is 209 g/mol. The van der Waals surface area contributed by atoms with Gasteiger partial charge in [-0.2, -0.15) is 5.10 Å². The summed E-state index contributed by atoms with van der Waals surface area (Å²) >= 11 is 0. The molecule has 0 bridgehead atoms. The highest BCUT2D eigenvalue weighted by molar-refractivity contribution is 5.26. The molecule has 3 N–H and O–H groups in total. The fourth-order valence-corrected chi connectivity index (χ4v) is 2.48. The first-order chi connectivity index (χ1) is 7.01. The molecule has 1 saturated carbocycles. The lowest BCUT2D eigenvalue weighted by molar-refractivity contribution is 0.0967. The van der Waals surface area contributed by atoms with Crippen LogP contribution in [0, 0.1) is 6.92 Å². The molecule has 0 atom stereocenters. The van der Waals surface area contributed by atoms with Crippen molar-refractivity contribution in [1.82, 2.24) is 9.78 Å². The van der Waals surface area contributed by atoms with Crippen LogP contribution in [0.2, 0.25) is 0 Å². The average molecular weight is 209 g/mol. The summed E-state index contributed by atoms with van der Waals surface area (Å²) in [5.41, 5.74) is 8.26. The summed E-state index contributed by atoms with van der Waals surface area (Å²) in [6.45, 7) is 2.00. The third-order valence-electron chi connectivity index (χ3n) is 3.40. The van der Waals surface area contributed by atoms with Gasteiger partial charge in [-0.05, 0) is 32.6 Å². The molecule has 0 spiro atoms. The summed E-state index contributed by atoms with van der Waals surface area (Å²) in [6, 6.07) is 0. The SMILES string of the molecule is Cc1nn(C)cc1C1(N)CCC(O)CC1. The third kappa shape index (κ3) is 1.92. The van der Waals surface area contributed by atoms with Crippen LogP contribution < -0.4 is 5.73 Å². The zero-order valence-electron chi connectivity index (χ0n) is 9.40. The van der Waals surface area contributed by atoms with Crippen molar-refractivity contribution < 1.29 is 5.11 Å². The second-order valence-corrected chi connectivity index (χ2v) is 4.69. The fraction of sp³-hybridized carbons (Fsp3) is 0.727. The summed E-state index contributed by atoms with van der Waals surface area (Å²) in [4.78, 5) is 0. The van der Waals surface area contributed by atoms with Gasteiger partial charge >= 0.3 is 0 Å². The average Bonchev–Trinajstić information content (AvgIpc) is 2.52. The van der Waals surface area contributed by atoms with Crippen LogP contribution in [0.3, 0.4) is 0 Å². The largest absolute Gasteiger partial charge is 0.393 e. The van der Waals surface area contributed by atoms with E-state index in [9.17, 15) is 5.11 Å². The molecule has 84 valence electrons. The van der Waals surface area contributed by atoms with E-state index in [-0.39, 0.29) is 11.6 Å². The van der Waals surface area contributed by atoms with Gasteiger partial charge in [0.25, 0.3) is 0 Å². The predicted molar refractivity (Wildman–Crippen MR) is 58.3 cm³/mol. The van der Waals surface area contributed by atoms with E-state index in [0.717, 1.165) is 36.9 Å². The molecule has 1 fully saturated rings. The van der Waals surface area contributed by atoms with Gasteiger partial charge in [0.15, 0.2) is 0 Å². The normalized spacial score (nSPS) is 31.9. The Bertz CT molecular complexity index is 351. The van der Waals surface area contributed by atoms with Crippen LogP contribution in [-0.2, 0) is 12.6 Å². The molecule has 1 heterocycles. The third-order valence-corrected chi connectivity index (χ3v) is 3.40. The molecule has 0 unspecified atom stereocenters. The van der Waals surface area contributed by atoms with Crippen LogP contribution in [0.15, 0.2) is 6.20 Å². The van der Waals surface area contributed by atoms with Crippen molar-refractivity contribution in [2.24, 2.45) is 12.8 Å². The summed E-state index contributed by atoms with van der Waals surface area (Å²) < 4.78 is 1.81. The first-order valence-corrected chi connectivity index (χ1v) is 5.49. The molecule has 1 aliphatic carbocycles. The zero-order chi connectivity index (χ0) is 11.1. The summed E-state index contributed by atoms with van der Waals surface area (Å²) in [6.07, 6.45) is 5.13. The van der Waals surface area contributed by atoms with E-state index in [1.54, 1.807) is 0 Å². The number of hydrogen-bond donors (Lipinski definition) is 2. The van der Waals surface area contributed by atoms with Crippen molar-refractivity contribution >= 4 is 0 Å². The molecule has 4 nitrogen and oxygen atoms in total. The van der Waals surface area contributed by atoms with Crippen LogP contribution in [0.25, 0.3) is 0 Å². The van der Waals surface area contributed by atoms with E-state index >= 15 is 0 Å². The second-order valence-electron chi connectivity index (χ2n) is 4.69. The lowest BCUT2D eigenvalue weighted by Gasteiger charge is -2.35. The van der Waals surface area contributed by atoms with Gasteiger partial charge < -0.3 is 10.8 Å². The minimum absolute atomic E-state index is 0.168. The van der Waals surface area contributed by atoms with Crippen molar-refractivity contribution in [2.75, 3.05) is 0 Å². The standard InChI is InChI=1S/C11H19N3O/c1-8-10(7-14(2)13-8)11(12)5-3-9(15)4-6-11/h7,9,15H,3-6,12H2,1-2H3. The molecule has 1 aliphatic rings. The molecule has 1 aromatic rings. The smallest absolute Gasteiger partial charge is 0.0644 e. The van der Waals surface area contributed by atoms with E-state index in [2.05, 4.69) is 5.10 Å². The Morgan fingerprint density at radius 1 is 1.53 bits per heavy atom. The molecular weight excluding hydrogens is 190 g/mol. The number of nitrogens with zero attached hydrogens (tertiary/aromatic N) is 2. The Morgan fingerprint density at radius 3 is 2.60 bits per heavy atom. The number of hydrogen-bond acceptors (Lipinski definition) is 3. The lowest BCUT2D eigenvalue weighted by Crippen LogP contribution is -2.41.